The van der Waals surface area contributed by atoms with Crippen molar-refractivity contribution >= 4 is 29.2 Å². The van der Waals surface area contributed by atoms with Crippen molar-refractivity contribution in [2.75, 3.05) is 38.1 Å². The van der Waals surface area contributed by atoms with Gasteiger partial charge in [0.25, 0.3) is 0 Å². The molecule has 206 valence electrons. The quantitative estimate of drug-likeness (QED) is 0.205. The van der Waals surface area contributed by atoms with Crippen LogP contribution in [0.15, 0.2) is 54.1 Å². The van der Waals surface area contributed by atoms with E-state index in [2.05, 4.69) is 69.9 Å². The van der Waals surface area contributed by atoms with Crippen LogP contribution in [0.2, 0.25) is 0 Å². The largest absolute Gasteiger partial charge is 0.488 e. The van der Waals surface area contributed by atoms with Crippen LogP contribution in [0, 0.1) is 0 Å². The van der Waals surface area contributed by atoms with E-state index in [1.165, 1.54) is 6.42 Å². The van der Waals surface area contributed by atoms with Gasteiger partial charge in [0.15, 0.2) is 0 Å². The van der Waals surface area contributed by atoms with Gasteiger partial charge in [0.05, 0.1) is 0 Å². The molecule has 0 radical (unpaired) electrons. The average molecular weight is 519 g/mol. The predicted octanol–water partition coefficient (Wildman–Crippen LogP) is 9.07. The van der Waals surface area contributed by atoms with Gasteiger partial charge in [-0.05, 0) is 95.2 Å². The molecule has 1 aliphatic heterocycles. The number of nitrogens with zero attached hydrogens (tertiary/aromatic N) is 2. The van der Waals surface area contributed by atoms with E-state index in [0.29, 0.717) is 0 Å². The van der Waals surface area contributed by atoms with Gasteiger partial charge in [0.2, 0.25) is 0 Å². The number of anilines is 1. The SMILES string of the molecule is C=C(/C(C=NC)=C/C)c1cc(OC(C)(C)C)ccc1N(C)C1CCCCO1.C=CCC.CC.CSC. The molecule has 4 nitrogen and oxygen atoms in total. The Balaban J connectivity index is 0. The van der Waals surface area contributed by atoms with Crippen molar-refractivity contribution < 1.29 is 9.47 Å². The van der Waals surface area contributed by atoms with Crippen LogP contribution in [0.1, 0.15) is 79.7 Å². The molecule has 0 N–H and O–H groups in total. The monoisotopic (exact) mass is 518 g/mol. The highest BCUT2D eigenvalue weighted by Crippen LogP contribution is 2.36. The number of aliphatic imine (C=N–C) groups is 1. The van der Waals surface area contributed by atoms with E-state index in [1.54, 1.807) is 18.8 Å². The van der Waals surface area contributed by atoms with Gasteiger partial charge in [-0.2, -0.15) is 11.8 Å². The van der Waals surface area contributed by atoms with E-state index in [9.17, 15) is 0 Å². The summed E-state index contributed by atoms with van der Waals surface area (Å²) in [6, 6.07) is 6.21. The fourth-order valence-electron chi connectivity index (χ4n) is 3.29. The molecular formula is C31H54N2O2S. The van der Waals surface area contributed by atoms with E-state index in [0.717, 1.165) is 54.0 Å². The van der Waals surface area contributed by atoms with Crippen molar-refractivity contribution in [1.29, 1.82) is 0 Å². The number of hydrogen-bond acceptors (Lipinski definition) is 5. The summed E-state index contributed by atoms with van der Waals surface area (Å²) in [5.74, 6) is 0.837. The molecule has 5 heteroatoms. The van der Waals surface area contributed by atoms with Gasteiger partial charge in [-0.1, -0.05) is 39.5 Å². The minimum Gasteiger partial charge on any atom is -0.488 e. The molecule has 1 aromatic carbocycles. The number of benzene rings is 1. The van der Waals surface area contributed by atoms with E-state index < -0.39 is 0 Å². The van der Waals surface area contributed by atoms with Crippen molar-refractivity contribution in [2.45, 2.75) is 86.0 Å². The maximum Gasteiger partial charge on any atom is 0.129 e. The van der Waals surface area contributed by atoms with E-state index in [4.69, 9.17) is 9.47 Å². The third-order valence-electron chi connectivity index (χ3n) is 4.90. The van der Waals surface area contributed by atoms with Crippen molar-refractivity contribution in [3.05, 3.63) is 54.6 Å². The van der Waals surface area contributed by atoms with Gasteiger partial charge in [0, 0.05) is 38.2 Å². The van der Waals surface area contributed by atoms with Crippen LogP contribution in [0.4, 0.5) is 5.69 Å². The maximum absolute atomic E-state index is 6.10. The molecule has 1 unspecified atom stereocenters. The van der Waals surface area contributed by atoms with Crippen LogP contribution >= 0.6 is 11.8 Å². The Bertz CT molecular complexity index is 788. The lowest BCUT2D eigenvalue weighted by Gasteiger charge is -2.34. The summed E-state index contributed by atoms with van der Waals surface area (Å²) >= 11 is 1.75. The lowest BCUT2D eigenvalue weighted by molar-refractivity contribution is 0.0173. The van der Waals surface area contributed by atoms with Crippen molar-refractivity contribution in [1.82, 2.24) is 0 Å². The molecule has 1 aromatic rings. The Labute approximate surface area is 228 Å². The summed E-state index contributed by atoms with van der Waals surface area (Å²) < 4.78 is 12.1. The second kappa shape index (κ2) is 21.1. The van der Waals surface area contributed by atoms with Gasteiger partial charge in [-0.3, -0.25) is 4.99 Å². The first kappa shape index (κ1) is 36.2. The number of thioether (sulfide) groups is 1. The molecule has 0 amide bonds. The predicted molar refractivity (Wildman–Crippen MR) is 167 cm³/mol. The van der Waals surface area contributed by atoms with Gasteiger partial charge in [0.1, 0.15) is 17.6 Å². The highest BCUT2D eigenvalue weighted by atomic mass is 32.2. The number of rotatable bonds is 7. The summed E-state index contributed by atoms with van der Waals surface area (Å²) in [6.07, 6.45) is 14.4. The molecule has 36 heavy (non-hydrogen) atoms. The number of hydrogen-bond donors (Lipinski definition) is 0. The summed E-state index contributed by atoms with van der Waals surface area (Å²) in [6.45, 7) is 22.9. The summed E-state index contributed by atoms with van der Waals surface area (Å²) in [5, 5.41) is 0. The molecule has 0 saturated carbocycles. The topological polar surface area (TPSA) is 34.1 Å². The molecule has 1 fully saturated rings. The van der Waals surface area contributed by atoms with Crippen LogP contribution in [0.25, 0.3) is 5.57 Å². The Morgan fingerprint density at radius 1 is 1.25 bits per heavy atom. The van der Waals surface area contributed by atoms with Gasteiger partial charge in [-0.15, -0.1) is 6.58 Å². The van der Waals surface area contributed by atoms with Crippen molar-refractivity contribution in [3.8, 4) is 5.75 Å². The van der Waals surface area contributed by atoms with Gasteiger partial charge < -0.3 is 14.4 Å². The fraction of sp³-hybridized carbons (Fsp3) is 0.581. The third kappa shape index (κ3) is 14.5. The van der Waals surface area contributed by atoms with Crippen LogP contribution in [-0.4, -0.2) is 51.3 Å². The average Bonchev–Trinajstić information content (AvgIpc) is 2.88. The molecule has 0 aliphatic carbocycles. The highest BCUT2D eigenvalue weighted by Gasteiger charge is 2.23. The second-order valence-corrected chi connectivity index (χ2v) is 9.86. The molecule has 1 atom stereocenters. The second-order valence-electron chi connectivity index (χ2n) is 9.04. The van der Waals surface area contributed by atoms with Crippen LogP contribution < -0.4 is 9.64 Å². The fourth-order valence-corrected chi connectivity index (χ4v) is 3.29. The summed E-state index contributed by atoms with van der Waals surface area (Å²) in [5.41, 5.74) is 3.82. The molecule has 2 rings (SSSR count). The maximum atomic E-state index is 6.10. The molecule has 0 spiro atoms. The number of allylic oxidation sites excluding steroid dienone is 4. The first-order valence-corrected chi connectivity index (χ1v) is 14.7. The molecule has 0 aromatic heterocycles. The summed E-state index contributed by atoms with van der Waals surface area (Å²) in [7, 11) is 3.87. The van der Waals surface area contributed by atoms with E-state index >= 15 is 0 Å². The van der Waals surface area contributed by atoms with Gasteiger partial charge >= 0.3 is 0 Å². The lowest BCUT2D eigenvalue weighted by atomic mass is 9.97. The molecular weight excluding hydrogens is 464 g/mol. The Kier molecular flexibility index (Phi) is 21.2. The third-order valence-corrected chi connectivity index (χ3v) is 4.90. The van der Waals surface area contributed by atoms with Crippen molar-refractivity contribution in [3.63, 3.8) is 0 Å². The number of ether oxygens (including phenoxy) is 2. The smallest absolute Gasteiger partial charge is 0.129 e. The molecule has 1 saturated heterocycles. The van der Waals surface area contributed by atoms with Crippen LogP contribution in [-0.2, 0) is 4.74 Å². The van der Waals surface area contributed by atoms with E-state index in [1.807, 2.05) is 57.7 Å². The zero-order chi connectivity index (χ0) is 28.1. The van der Waals surface area contributed by atoms with Crippen LogP contribution in [0.3, 0.4) is 0 Å². The van der Waals surface area contributed by atoms with E-state index in [-0.39, 0.29) is 11.8 Å². The van der Waals surface area contributed by atoms with Crippen molar-refractivity contribution in [2.24, 2.45) is 4.99 Å². The molecule has 1 aliphatic rings. The first-order valence-electron chi connectivity index (χ1n) is 13.1. The Morgan fingerprint density at radius 3 is 2.25 bits per heavy atom. The minimum absolute atomic E-state index is 0.0913. The first-order chi connectivity index (χ1) is 17.1. The standard InChI is InChI=1S/C23H34N2O2.C4H8.C2H6S.C2H6/c1-8-18(16-24-6)17(2)20-15-19(27-23(3,4)5)12-13-21(20)25(7)22-11-9-10-14-26-22;1-3-4-2;1-3-2;1-2/h8,12-13,15-16,22H,2,9-11,14H2,1,3-7H3;3H,1,4H2,2H3;1-2H3;1-2H3/b18-8+,24-16?;;;. The molecule has 1 heterocycles. The van der Waals surface area contributed by atoms with Crippen LogP contribution in [0.5, 0.6) is 5.75 Å². The van der Waals surface area contributed by atoms with Gasteiger partial charge in [-0.25, -0.2) is 0 Å². The molecule has 0 bridgehead atoms. The Hall–Kier alpha value is -1.98. The Morgan fingerprint density at radius 2 is 1.83 bits per heavy atom. The highest BCUT2D eigenvalue weighted by molar-refractivity contribution is 7.97. The minimum atomic E-state index is -0.257. The zero-order valence-electron chi connectivity index (χ0n) is 25.1. The zero-order valence-corrected chi connectivity index (χ0v) is 25.9. The normalized spacial score (nSPS) is 15.3. The summed E-state index contributed by atoms with van der Waals surface area (Å²) in [4.78, 5) is 6.40. The lowest BCUT2D eigenvalue weighted by Crippen LogP contribution is -2.37.